The smallest absolute Gasteiger partial charge is 0.340 e. The SMILES string of the molecule is C=C(C=O)C(=O)OC.C=CC(=O)OCO. The number of methoxy groups -OCH3 is 1. The third-order valence-corrected chi connectivity index (χ3v) is 0.963. The summed E-state index contributed by atoms with van der Waals surface area (Å²) in [5.74, 6) is -1.29. The molecule has 6 heteroatoms. The molecule has 6 nitrogen and oxygen atoms in total. The molecule has 0 atom stereocenters. The van der Waals surface area contributed by atoms with Crippen LogP contribution >= 0.6 is 0 Å². The average molecular weight is 216 g/mol. The predicted molar refractivity (Wildman–Crippen MR) is 50.6 cm³/mol. The van der Waals surface area contributed by atoms with Gasteiger partial charge in [0.15, 0.2) is 13.1 Å². The summed E-state index contributed by atoms with van der Waals surface area (Å²) in [6, 6.07) is 0. The van der Waals surface area contributed by atoms with Crippen molar-refractivity contribution in [3.05, 3.63) is 24.8 Å². The van der Waals surface area contributed by atoms with Gasteiger partial charge in [-0.25, -0.2) is 9.59 Å². The summed E-state index contributed by atoms with van der Waals surface area (Å²) in [5, 5.41) is 7.88. The number of hydrogen-bond acceptors (Lipinski definition) is 6. The number of aliphatic hydroxyl groups excluding tert-OH is 1. The van der Waals surface area contributed by atoms with Crippen molar-refractivity contribution in [1.29, 1.82) is 0 Å². The van der Waals surface area contributed by atoms with Crippen LogP contribution in [0.2, 0.25) is 0 Å². The maximum Gasteiger partial charge on any atom is 0.340 e. The van der Waals surface area contributed by atoms with Crippen LogP contribution in [0.15, 0.2) is 24.8 Å². The Morgan fingerprint density at radius 2 is 2.00 bits per heavy atom. The number of esters is 2. The van der Waals surface area contributed by atoms with Crippen molar-refractivity contribution >= 4 is 18.2 Å². The molecule has 0 aromatic carbocycles. The predicted octanol–water partition coefficient (Wildman–Crippen LogP) is -0.420. The Hall–Kier alpha value is -1.95. The minimum atomic E-state index is -0.681. The number of carbonyl (C=O) groups is 3. The van der Waals surface area contributed by atoms with E-state index < -0.39 is 18.7 Å². The van der Waals surface area contributed by atoms with E-state index >= 15 is 0 Å². The van der Waals surface area contributed by atoms with Gasteiger partial charge in [0, 0.05) is 6.08 Å². The Bertz CT molecular complexity index is 255. The van der Waals surface area contributed by atoms with E-state index in [1.54, 1.807) is 0 Å². The maximum atomic E-state index is 10.2. The van der Waals surface area contributed by atoms with Crippen molar-refractivity contribution in [2.24, 2.45) is 0 Å². The summed E-state index contributed by atoms with van der Waals surface area (Å²) in [5.41, 5.74) is -0.160. The quantitative estimate of drug-likeness (QED) is 0.171. The molecule has 0 aliphatic heterocycles. The molecule has 0 unspecified atom stereocenters. The van der Waals surface area contributed by atoms with E-state index in [1.165, 1.54) is 7.11 Å². The molecule has 0 spiro atoms. The lowest BCUT2D eigenvalue weighted by Crippen LogP contribution is -2.03. The molecule has 0 amide bonds. The number of hydrogen-bond donors (Lipinski definition) is 1. The first-order chi connectivity index (χ1) is 7.03. The van der Waals surface area contributed by atoms with Gasteiger partial charge in [-0.1, -0.05) is 13.2 Å². The highest BCUT2D eigenvalue weighted by atomic mass is 16.6. The number of ether oxygens (including phenoxy) is 2. The fourth-order valence-corrected chi connectivity index (χ4v) is 0.302. The second kappa shape index (κ2) is 10.1. The van der Waals surface area contributed by atoms with Crippen molar-refractivity contribution in [2.45, 2.75) is 0 Å². The van der Waals surface area contributed by atoms with Crippen molar-refractivity contribution in [3.63, 3.8) is 0 Å². The maximum absolute atomic E-state index is 10.2. The second-order valence-electron chi connectivity index (χ2n) is 1.93. The molecule has 0 aliphatic rings. The molecule has 0 saturated carbocycles. The standard InChI is InChI=1S/C5H6O3.C4H6O3/c1-4(3-6)5(7)8-2;1-2-4(6)7-3-5/h3H,1H2,2H3;2,5H,1,3H2. The molecule has 0 bridgehead atoms. The first kappa shape index (κ1) is 15.5. The van der Waals surface area contributed by atoms with Crippen molar-refractivity contribution in [2.75, 3.05) is 13.9 Å². The highest BCUT2D eigenvalue weighted by Crippen LogP contribution is 1.85. The van der Waals surface area contributed by atoms with Crippen LogP contribution in [0.5, 0.6) is 0 Å². The highest BCUT2D eigenvalue weighted by Gasteiger charge is 2.01. The van der Waals surface area contributed by atoms with Crippen LogP contribution in [0.4, 0.5) is 0 Å². The number of aliphatic hydroxyl groups is 1. The molecule has 0 radical (unpaired) electrons. The lowest BCUT2D eigenvalue weighted by Gasteiger charge is -1.90. The van der Waals surface area contributed by atoms with Gasteiger partial charge < -0.3 is 14.6 Å². The summed E-state index contributed by atoms with van der Waals surface area (Å²) >= 11 is 0. The van der Waals surface area contributed by atoms with Crippen LogP contribution in [-0.4, -0.2) is 37.2 Å². The number of rotatable bonds is 4. The third-order valence-electron chi connectivity index (χ3n) is 0.963. The van der Waals surface area contributed by atoms with Gasteiger partial charge in [-0.3, -0.25) is 4.79 Å². The molecule has 15 heavy (non-hydrogen) atoms. The normalized spacial score (nSPS) is 7.60. The van der Waals surface area contributed by atoms with Gasteiger partial charge in [0.1, 0.15) is 0 Å². The average Bonchev–Trinajstić information content (AvgIpc) is 2.27. The van der Waals surface area contributed by atoms with E-state index in [2.05, 4.69) is 22.6 Å². The van der Waals surface area contributed by atoms with E-state index in [1.807, 2.05) is 0 Å². The summed E-state index contributed by atoms with van der Waals surface area (Å²) in [6.45, 7) is 5.62. The fourth-order valence-electron chi connectivity index (χ4n) is 0.302. The fraction of sp³-hybridized carbons (Fsp3) is 0.222. The van der Waals surface area contributed by atoms with Crippen LogP contribution in [0.3, 0.4) is 0 Å². The molecule has 0 rings (SSSR count). The number of aldehydes is 1. The molecular weight excluding hydrogens is 204 g/mol. The van der Waals surface area contributed by atoms with Gasteiger partial charge >= 0.3 is 11.9 Å². The lowest BCUT2D eigenvalue weighted by atomic mass is 10.3. The van der Waals surface area contributed by atoms with Crippen molar-refractivity contribution in [3.8, 4) is 0 Å². The van der Waals surface area contributed by atoms with E-state index in [-0.39, 0.29) is 5.57 Å². The zero-order valence-corrected chi connectivity index (χ0v) is 8.26. The molecule has 1 N–H and O–H groups in total. The molecule has 84 valence electrons. The zero-order chi connectivity index (χ0) is 12.3. The largest absolute Gasteiger partial charge is 0.465 e. The molecule has 0 heterocycles. The first-order valence-corrected chi connectivity index (χ1v) is 3.65. The minimum absolute atomic E-state index is 0.160. The second-order valence-corrected chi connectivity index (χ2v) is 1.93. The third kappa shape index (κ3) is 9.97. The highest BCUT2D eigenvalue weighted by molar-refractivity contribution is 6.06. The summed E-state index contributed by atoms with van der Waals surface area (Å²) in [6.07, 6.45) is 1.34. The minimum Gasteiger partial charge on any atom is -0.465 e. The topological polar surface area (TPSA) is 89.9 Å². The molecule has 0 aromatic heterocycles. The molecule has 0 saturated heterocycles. The van der Waals surface area contributed by atoms with Gasteiger partial charge in [-0.2, -0.15) is 0 Å². The van der Waals surface area contributed by atoms with Crippen molar-refractivity contribution < 1.29 is 29.0 Å². The van der Waals surface area contributed by atoms with Gasteiger partial charge in [-0.15, -0.1) is 0 Å². The van der Waals surface area contributed by atoms with Crippen LogP contribution in [0.1, 0.15) is 0 Å². The Balaban J connectivity index is 0. The van der Waals surface area contributed by atoms with Gasteiger partial charge in [0.2, 0.25) is 0 Å². The van der Waals surface area contributed by atoms with Gasteiger partial charge in [-0.05, 0) is 0 Å². The van der Waals surface area contributed by atoms with E-state index in [0.717, 1.165) is 6.08 Å². The Morgan fingerprint density at radius 3 is 2.13 bits per heavy atom. The zero-order valence-electron chi connectivity index (χ0n) is 8.26. The van der Waals surface area contributed by atoms with Gasteiger partial charge in [0.05, 0.1) is 12.7 Å². The van der Waals surface area contributed by atoms with Crippen LogP contribution in [0, 0.1) is 0 Å². The summed E-state index contributed by atoms with van der Waals surface area (Å²) in [4.78, 5) is 29.8. The van der Waals surface area contributed by atoms with E-state index in [0.29, 0.717) is 6.29 Å². The first-order valence-electron chi connectivity index (χ1n) is 3.65. The summed E-state index contributed by atoms with van der Waals surface area (Å²) in [7, 11) is 1.19. The van der Waals surface area contributed by atoms with Crippen LogP contribution in [-0.2, 0) is 23.9 Å². The van der Waals surface area contributed by atoms with Crippen LogP contribution < -0.4 is 0 Å². The lowest BCUT2D eigenvalue weighted by molar-refractivity contribution is -0.145. The van der Waals surface area contributed by atoms with Gasteiger partial charge in [0.25, 0.3) is 0 Å². The Labute approximate surface area is 86.8 Å². The number of carbonyl (C=O) groups excluding carboxylic acids is 3. The van der Waals surface area contributed by atoms with E-state index in [4.69, 9.17) is 5.11 Å². The van der Waals surface area contributed by atoms with E-state index in [9.17, 15) is 14.4 Å². The summed E-state index contributed by atoms with van der Waals surface area (Å²) < 4.78 is 8.12. The van der Waals surface area contributed by atoms with Crippen LogP contribution in [0.25, 0.3) is 0 Å². The van der Waals surface area contributed by atoms with Crippen molar-refractivity contribution in [1.82, 2.24) is 0 Å². The molecule has 0 aromatic rings. The Morgan fingerprint density at radius 1 is 1.47 bits per heavy atom. The Kier molecular flexibility index (Phi) is 10.5. The molecule has 0 fully saturated rings. The molecular formula is C9H12O6. The molecule has 0 aliphatic carbocycles. The monoisotopic (exact) mass is 216 g/mol.